The molecule has 1 saturated heterocycles. The highest BCUT2D eigenvalue weighted by Crippen LogP contribution is 2.11. The second-order valence-electron chi connectivity index (χ2n) is 4.06. The Balaban J connectivity index is 1.91. The predicted molar refractivity (Wildman–Crippen MR) is 61.4 cm³/mol. The summed E-state index contributed by atoms with van der Waals surface area (Å²) < 4.78 is 5.17. The number of aromatic nitrogens is 2. The molecule has 1 aromatic heterocycles. The molecule has 1 N–H and O–H groups in total. The zero-order valence-electron chi connectivity index (χ0n) is 9.94. The summed E-state index contributed by atoms with van der Waals surface area (Å²) in [6.45, 7) is 7.66. The Morgan fingerprint density at radius 3 is 2.75 bits per heavy atom. The SMILES string of the molecule is CCNCc1nc(N2CCN(C)CC2)no1. The summed E-state index contributed by atoms with van der Waals surface area (Å²) in [5, 5.41) is 7.16. The maximum atomic E-state index is 5.17. The zero-order chi connectivity index (χ0) is 11.4. The molecule has 0 unspecified atom stereocenters. The van der Waals surface area contributed by atoms with Crippen LogP contribution in [0.5, 0.6) is 0 Å². The van der Waals surface area contributed by atoms with Crippen LogP contribution in [0.1, 0.15) is 12.8 Å². The molecule has 1 aliphatic rings. The first-order valence-corrected chi connectivity index (χ1v) is 5.76. The highest BCUT2D eigenvalue weighted by atomic mass is 16.5. The fourth-order valence-electron chi connectivity index (χ4n) is 1.68. The second-order valence-corrected chi connectivity index (χ2v) is 4.06. The van der Waals surface area contributed by atoms with E-state index in [-0.39, 0.29) is 0 Å². The summed E-state index contributed by atoms with van der Waals surface area (Å²) in [6, 6.07) is 0. The normalized spacial score (nSPS) is 18.0. The van der Waals surface area contributed by atoms with Gasteiger partial charge in [-0.1, -0.05) is 6.92 Å². The molecule has 2 heterocycles. The van der Waals surface area contributed by atoms with E-state index in [4.69, 9.17) is 4.52 Å². The first kappa shape index (κ1) is 11.3. The molecule has 0 spiro atoms. The van der Waals surface area contributed by atoms with Crippen LogP contribution < -0.4 is 10.2 Å². The van der Waals surface area contributed by atoms with E-state index in [1.54, 1.807) is 0 Å². The van der Waals surface area contributed by atoms with Crippen molar-refractivity contribution in [2.45, 2.75) is 13.5 Å². The van der Waals surface area contributed by atoms with Crippen LogP contribution in [0.15, 0.2) is 4.52 Å². The summed E-state index contributed by atoms with van der Waals surface area (Å²) in [5.74, 6) is 1.39. The molecule has 1 aliphatic heterocycles. The Hall–Kier alpha value is -1.14. The molecule has 2 rings (SSSR count). The van der Waals surface area contributed by atoms with Gasteiger partial charge in [-0.2, -0.15) is 4.98 Å². The highest BCUT2D eigenvalue weighted by Gasteiger charge is 2.18. The van der Waals surface area contributed by atoms with Crippen LogP contribution in [-0.2, 0) is 6.54 Å². The smallest absolute Gasteiger partial charge is 0.266 e. The van der Waals surface area contributed by atoms with Crippen molar-refractivity contribution >= 4 is 5.95 Å². The minimum absolute atomic E-state index is 0.650. The molecule has 1 fully saturated rings. The fourth-order valence-corrected chi connectivity index (χ4v) is 1.68. The van der Waals surface area contributed by atoms with Gasteiger partial charge in [0.2, 0.25) is 5.89 Å². The molecular formula is C10H19N5O. The van der Waals surface area contributed by atoms with Crippen LogP contribution in [0.3, 0.4) is 0 Å². The summed E-state index contributed by atoms with van der Waals surface area (Å²) >= 11 is 0. The number of likely N-dealkylation sites (N-methyl/N-ethyl adjacent to an activating group) is 1. The lowest BCUT2D eigenvalue weighted by atomic mass is 10.3. The van der Waals surface area contributed by atoms with Gasteiger partial charge in [-0.15, -0.1) is 0 Å². The molecule has 16 heavy (non-hydrogen) atoms. The third-order valence-corrected chi connectivity index (χ3v) is 2.77. The molecule has 0 bridgehead atoms. The van der Waals surface area contributed by atoms with Gasteiger partial charge >= 0.3 is 0 Å². The van der Waals surface area contributed by atoms with Crippen molar-refractivity contribution in [2.75, 3.05) is 44.7 Å². The quantitative estimate of drug-likeness (QED) is 0.774. The molecule has 6 heteroatoms. The molecule has 0 aliphatic carbocycles. The van der Waals surface area contributed by atoms with Crippen molar-refractivity contribution < 1.29 is 4.52 Å². The Morgan fingerprint density at radius 2 is 2.06 bits per heavy atom. The summed E-state index contributed by atoms with van der Waals surface area (Å²) in [5.41, 5.74) is 0. The van der Waals surface area contributed by atoms with Gasteiger partial charge in [-0.05, 0) is 18.7 Å². The predicted octanol–water partition coefficient (Wildman–Crippen LogP) is -0.0691. The van der Waals surface area contributed by atoms with Crippen LogP contribution in [0, 0.1) is 0 Å². The fraction of sp³-hybridized carbons (Fsp3) is 0.800. The molecule has 1 aromatic rings. The van der Waals surface area contributed by atoms with Crippen LogP contribution in [0.4, 0.5) is 5.95 Å². The van der Waals surface area contributed by atoms with Crippen molar-refractivity contribution in [3.8, 4) is 0 Å². The van der Waals surface area contributed by atoms with Gasteiger partial charge in [-0.25, -0.2) is 0 Å². The number of hydrogen-bond donors (Lipinski definition) is 1. The second kappa shape index (κ2) is 5.27. The Morgan fingerprint density at radius 1 is 1.31 bits per heavy atom. The van der Waals surface area contributed by atoms with Gasteiger partial charge in [-0.3, -0.25) is 0 Å². The molecule has 6 nitrogen and oxygen atoms in total. The third-order valence-electron chi connectivity index (χ3n) is 2.77. The monoisotopic (exact) mass is 225 g/mol. The van der Waals surface area contributed by atoms with Gasteiger partial charge in [0.05, 0.1) is 6.54 Å². The average Bonchev–Trinajstić information content (AvgIpc) is 2.76. The highest BCUT2D eigenvalue weighted by molar-refractivity contribution is 5.28. The minimum atomic E-state index is 0.650. The lowest BCUT2D eigenvalue weighted by Gasteiger charge is -2.31. The van der Waals surface area contributed by atoms with E-state index in [1.807, 2.05) is 0 Å². The molecule has 0 radical (unpaired) electrons. The van der Waals surface area contributed by atoms with Crippen molar-refractivity contribution in [3.05, 3.63) is 5.89 Å². The Kier molecular flexibility index (Phi) is 3.74. The summed E-state index contributed by atoms with van der Waals surface area (Å²) in [4.78, 5) is 8.83. The number of nitrogens with zero attached hydrogens (tertiary/aromatic N) is 4. The van der Waals surface area contributed by atoms with Gasteiger partial charge in [0.1, 0.15) is 0 Å². The Bertz CT molecular complexity index is 319. The van der Waals surface area contributed by atoms with Crippen LogP contribution in [-0.4, -0.2) is 54.8 Å². The van der Waals surface area contributed by atoms with Gasteiger partial charge in [0.15, 0.2) is 0 Å². The summed E-state index contributed by atoms with van der Waals surface area (Å²) in [6.07, 6.45) is 0. The molecular weight excluding hydrogens is 206 g/mol. The third kappa shape index (κ3) is 2.70. The molecule has 0 amide bonds. The lowest BCUT2D eigenvalue weighted by molar-refractivity contribution is 0.308. The topological polar surface area (TPSA) is 57.4 Å². The van der Waals surface area contributed by atoms with Gasteiger partial charge < -0.3 is 19.6 Å². The van der Waals surface area contributed by atoms with E-state index >= 15 is 0 Å². The lowest BCUT2D eigenvalue weighted by Crippen LogP contribution is -2.44. The van der Waals surface area contributed by atoms with Crippen molar-refractivity contribution in [3.63, 3.8) is 0 Å². The number of rotatable bonds is 4. The van der Waals surface area contributed by atoms with Crippen LogP contribution in [0.25, 0.3) is 0 Å². The molecule has 0 saturated carbocycles. The zero-order valence-corrected chi connectivity index (χ0v) is 9.94. The minimum Gasteiger partial charge on any atom is -0.336 e. The molecule has 0 aromatic carbocycles. The van der Waals surface area contributed by atoms with Crippen molar-refractivity contribution in [2.24, 2.45) is 0 Å². The van der Waals surface area contributed by atoms with Crippen LogP contribution >= 0.6 is 0 Å². The maximum Gasteiger partial charge on any atom is 0.266 e. The molecule has 90 valence electrons. The summed E-state index contributed by atoms with van der Waals surface area (Å²) in [7, 11) is 2.13. The van der Waals surface area contributed by atoms with Crippen molar-refractivity contribution in [1.29, 1.82) is 0 Å². The van der Waals surface area contributed by atoms with E-state index in [0.29, 0.717) is 12.4 Å². The number of hydrogen-bond acceptors (Lipinski definition) is 6. The Labute approximate surface area is 95.6 Å². The maximum absolute atomic E-state index is 5.17. The standard InChI is InChI=1S/C10H19N5O/c1-3-11-8-9-12-10(13-16-9)15-6-4-14(2)5-7-15/h11H,3-8H2,1-2H3. The van der Waals surface area contributed by atoms with E-state index in [1.165, 1.54) is 0 Å². The van der Waals surface area contributed by atoms with E-state index in [2.05, 4.69) is 39.2 Å². The van der Waals surface area contributed by atoms with E-state index in [9.17, 15) is 0 Å². The first-order valence-electron chi connectivity index (χ1n) is 5.76. The van der Waals surface area contributed by atoms with Gasteiger partial charge in [0, 0.05) is 26.2 Å². The molecule has 0 atom stereocenters. The average molecular weight is 225 g/mol. The van der Waals surface area contributed by atoms with E-state index in [0.717, 1.165) is 38.7 Å². The van der Waals surface area contributed by atoms with Crippen molar-refractivity contribution in [1.82, 2.24) is 20.4 Å². The van der Waals surface area contributed by atoms with Crippen LogP contribution in [0.2, 0.25) is 0 Å². The van der Waals surface area contributed by atoms with Gasteiger partial charge in [0.25, 0.3) is 5.95 Å². The number of piperazine rings is 1. The van der Waals surface area contributed by atoms with E-state index < -0.39 is 0 Å². The number of anilines is 1. The number of nitrogens with one attached hydrogen (secondary N) is 1. The largest absolute Gasteiger partial charge is 0.336 e. The first-order chi connectivity index (χ1) is 7.79.